The Balaban J connectivity index is 1.83. The molecule has 1 aromatic carbocycles. The van der Waals surface area contributed by atoms with Crippen molar-refractivity contribution in [2.45, 2.75) is 51.6 Å². The second kappa shape index (κ2) is 8.28. The number of halogens is 1. The molecule has 0 radical (unpaired) electrons. The lowest BCUT2D eigenvalue weighted by molar-refractivity contribution is -0.128. The van der Waals surface area contributed by atoms with Crippen molar-refractivity contribution in [1.82, 2.24) is 5.32 Å². The van der Waals surface area contributed by atoms with Crippen LogP contribution in [0.5, 0.6) is 5.75 Å². The van der Waals surface area contributed by atoms with Crippen molar-refractivity contribution in [2.24, 2.45) is 5.92 Å². The van der Waals surface area contributed by atoms with Gasteiger partial charge in [-0.25, -0.2) is 0 Å². The van der Waals surface area contributed by atoms with Crippen molar-refractivity contribution in [3.63, 3.8) is 0 Å². The normalized spacial score (nSPS) is 17.2. The molecule has 1 aromatic rings. The fourth-order valence-electron chi connectivity index (χ4n) is 2.78. The molecular weight excluding hydrogens is 286 g/mol. The molecular formula is C17H24ClNO2. The molecule has 1 aliphatic rings. The van der Waals surface area contributed by atoms with Gasteiger partial charge in [-0.2, -0.15) is 0 Å². The quantitative estimate of drug-likeness (QED) is 0.855. The Kier molecular flexibility index (Phi) is 6.37. The van der Waals surface area contributed by atoms with Gasteiger partial charge in [0, 0.05) is 11.6 Å². The first-order chi connectivity index (χ1) is 10.2. The van der Waals surface area contributed by atoms with Crippen molar-refractivity contribution >= 4 is 17.5 Å². The van der Waals surface area contributed by atoms with Gasteiger partial charge in [-0.05, 0) is 43.4 Å². The maximum absolute atomic E-state index is 12.2. The Morgan fingerprint density at radius 1 is 1.38 bits per heavy atom. The Labute approximate surface area is 132 Å². The molecule has 1 saturated carbocycles. The largest absolute Gasteiger partial charge is 0.481 e. The van der Waals surface area contributed by atoms with E-state index in [1.165, 1.54) is 32.1 Å². The van der Waals surface area contributed by atoms with Gasteiger partial charge in [0.1, 0.15) is 5.75 Å². The summed E-state index contributed by atoms with van der Waals surface area (Å²) in [5.41, 5.74) is 0. The van der Waals surface area contributed by atoms with Crippen LogP contribution in [-0.4, -0.2) is 18.6 Å². The lowest BCUT2D eigenvalue weighted by atomic mass is 9.89. The molecule has 1 fully saturated rings. The Morgan fingerprint density at radius 2 is 2.14 bits per heavy atom. The zero-order valence-electron chi connectivity index (χ0n) is 12.6. The summed E-state index contributed by atoms with van der Waals surface area (Å²) < 4.78 is 5.75. The molecule has 3 nitrogen and oxygen atoms in total. The third kappa shape index (κ3) is 5.24. The monoisotopic (exact) mass is 309 g/mol. The summed E-state index contributed by atoms with van der Waals surface area (Å²) in [4.78, 5) is 12.2. The van der Waals surface area contributed by atoms with Crippen LogP contribution in [0.3, 0.4) is 0 Å². The van der Waals surface area contributed by atoms with Crippen molar-refractivity contribution < 1.29 is 9.53 Å². The van der Waals surface area contributed by atoms with Crippen LogP contribution >= 0.6 is 11.6 Å². The van der Waals surface area contributed by atoms with Gasteiger partial charge in [0.25, 0.3) is 5.91 Å². The van der Waals surface area contributed by atoms with E-state index in [1.807, 2.05) is 19.1 Å². The van der Waals surface area contributed by atoms with Gasteiger partial charge in [-0.3, -0.25) is 4.79 Å². The zero-order chi connectivity index (χ0) is 15.1. The third-order valence-electron chi connectivity index (χ3n) is 4.03. The molecule has 1 unspecified atom stereocenters. The third-order valence-corrected chi connectivity index (χ3v) is 4.26. The molecule has 4 heteroatoms. The summed E-state index contributed by atoms with van der Waals surface area (Å²) in [5, 5.41) is 3.66. The molecule has 0 saturated heterocycles. The number of ether oxygens (including phenoxy) is 1. The van der Waals surface area contributed by atoms with Crippen LogP contribution in [0.25, 0.3) is 0 Å². The van der Waals surface area contributed by atoms with Gasteiger partial charge in [-0.1, -0.05) is 43.9 Å². The highest BCUT2D eigenvalue weighted by Gasteiger charge is 2.20. The Morgan fingerprint density at radius 3 is 2.81 bits per heavy atom. The van der Waals surface area contributed by atoms with E-state index in [1.54, 1.807) is 12.1 Å². The average Bonchev–Trinajstić information content (AvgIpc) is 2.51. The van der Waals surface area contributed by atoms with Crippen LogP contribution in [0.2, 0.25) is 5.02 Å². The first-order valence-corrected chi connectivity index (χ1v) is 8.26. The van der Waals surface area contributed by atoms with Gasteiger partial charge < -0.3 is 10.1 Å². The van der Waals surface area contributed by atoms with E-state index >= 15 is 0 Å². The maximum atomic E-state index is 12.2. The molecule has 0 bridgehead atoms. The Hall–Kier alpha value is -1.22. The number of carbonyl (C=O) groups is 1. The molecule has 0 spiro atoms. The van der Waals surface area contributed by atoms with Crippen LogP contribution in [0, 0.1) is 5.92 Å². The molecule has 0 aromatic heterocycles. The van der Waals surface area contributed by atoms with E-state index in [-0.39, 0.29) is 5.91 Å². The van der Waals surface area contributed by atoms with Crippen LogP contribution in [-0.2, 0) is 4.79 Å². The summed E-state index contributed by atoms with van der Waals surface area (Å²) in [5.74, 6) is 1.25. The molecule has 0 heterocycles. The van der Waals surface area contributed by atoms with E-state index in [0.717, 1.165) is 6.54 Å². The molecule has 0 aliphatic heterocycles. The van der Waals surface area contributed by atoms with E-state index < -0.39 is 6.10 Å². The molecule has 1 amide bonds. The van der Waals surface area contributed by atoms with Crippen LogP contribution in [0.15, 0.2) is 24.3 Å². The van der Waals surface area contributed by atoms with Gasteiger partial charge >= 0.3 is 0 Å². The van der Waals surface area contributed by atoms with Gasteiger partial charge in [0.15, 0.2) is 6.10 Å². The van der Waals surface area contributed by atoms with E-state index in [0.29, 0.717) is 23.1 Å². The first-order valence-electron chi connectivity index (χ1n) is 7.89. The second-order valence-electron chi connectivity index (χ2n) is 5.72. The number of carbonyl (C=O) groups excluding carboxylic acids is 1. The van der Waals surface area contributed by atoms with Crippen molar-refractivity contribution in [1.29, 1.82) is 0 Å². The SMILES string of the molecule is CCC(Oc1cccc(Cl)c1)C(=O)NCC1CCCCC1. The number of hydrogen-bond donors (Lipinski definition) is 1. The highest BCUT2D eigenvalue weighted by molar-refractivity contribution is 6.30. The number of rotatable bonds is 6. The number of hydrogen-bond acceptors (Lipinski definition) is 2. The molecule has 116 valence electrons. The molecule has 2 rings (SSSR count). The standard InChI is InChI=1S/C17H24ClNO2/c1-2-16(21-15-10-6-9-14(18)11-15)17(20)19-12-13-7-4-3-5-8-13/h6,9-11,13,16H,2-5,7-8,12H2,1H3,(H,19,20). The minimum absolute atomic E-state index is 0.0250. The predicted octanol–water partition coefficient (Wildman–Crippen LogP) is 4.19. The van der Waals surface area contributed by atoms with Crippen molar-refractivity contribution in [3.8, 4) is 5.75 Å². The topological polar surface area (TPSA) is 38.3 Å². The van der Waals surface area contributed by atoms with Crippen molar-refractivity contribution in [3.05, 3.63) is 29.3 Å². The van der Waals surface area contributed by atoms with Gasteiger partial charge in [0.05, 0.1) is 0 Å². The predicted molar refractivity (Wildman–Crippen MR) is 85.7 cm³/mol. The van der Waals surface area contributed by atoms with Gasteiger partial charge in [0.2, 0.25) is 0 Å². The van der Waals surface area contributed by atoms with Crippen LogP contribution < -0.4 is 10.1 Å². The fraction of sp³-hybridized carbons (Fsp3) is 0.588. The molecule has 1 aliphatic carbocycles. The second-order valence-corrected chi connectivity index (χ2v) is 6.16. The van der Waals surface area contributed by atoms with E-state index in [4.69, 9.17) is 16.3 Å². The fourth-order valence-corrected chi connectivity index (χ4v) is 2.96. The summed E-state index contributed by atoms with van der Waals surface area (Å²) in [6, 6.07) is 7.17. The molecule has 1 atom stereocenters. The maximum Gasteiger partial charge on any atom is 0.261 e. The van der Waals surface area contributed by atoms with E-state index in [9.17, 15) is 4.79 Å². The highest BCUT2D eigenvalue weighted by atomic mass is 35.5. The first kappa shape index (κ1) is 16.2. The average molecular weight is 310 g/mol. The van der Waals surface area contributed by atoms with Gasteiger partial charge in [-0.15, -0.1) is 0 Å². The smallest absolute Gasteiger partial charge is 0.261 e. The van der Waals surface area contributed by atoms with E-state index in [2.05, 4.69) is 5.32 Å². The van der Waals surface area contributed by atoms with Crippen molar-refractivity contribution in [2.75, 3.05) is 6.54 Å². The lowest BCUT2D eigenvalue weighted by Gasteiger charge is -2.23. The lowest BCUT2D eigenvalue weighted by Crippen LogP contribution is -2.40. The minimum atomic E-state index is -0.452. The highest BCUT2D eigenvalue weighted by Crippen LogP contribution is 2.23. The van der Waals surface area contributed by atoms with Crippen LogP contribution in [0.1, 0.15) is 45.4 Å². The molecule has 21 heavy (non-hydrogen) atoms. The summed E-state index contributed by atoms with van der Waals surface area (Å²) in [7, 11) is 0. The number of nitrogens with one attached hydrogen (secondary N) is 1. The summed E-state index contributed by atoms with van der Waals surface area (Å²) >= 11 is 5.93. The number of amides is 1. The minimum Gasteiger partial charge on any atom is -0.481 e. The summed E-state index contributed by atoms with van der Waals surface area (Å²) in [6.45, 7) is 2.73. The summed E-state index contributed by atoms with van der Waals surface area (Å²) in [6.07, 6.45) is 6.56. The molecule has 1 N–H and O–H groups in total. The number of benzene rings is 1. The van der Waals surface area contributed by atoms with Crippen LogP contribution in [0.4, 0.5) is 0 Å². The zero-order valence-corrected chi connectivity index (χ0v) is 13.4. The Bertz CT molecular complexity index is 458.